The average Bonchev–Trinajstić information content (AvgIpc) is 2.43. The van der Waals surface area contributed by atoms with Crippen LogP contribution in [0.1, 0.15) is 63.9 Å². The van der Waals surface area contributed by atoms with Crippen molar-refractivity contribution in [1.29, 1.82) is 0 Å². The van der Waals surface area contributed by atoms with Crippen molar-refractivity contribution in [2.24, 2.45) is 0 Å². The molecule has 0 radical (unpaired) electrons. The highest BCUT2D eigenvalue weighted by molar-refractivity contribution is 5.26. The van der Waals surface area contributed by atoms with Gasteiger partial charge in [-0.25, -0.2) is 0 Å². The Kier molecular flexibility index (Phi) is 8.87. The first-order chi connectivity index (χ1) is 9.33. The molecule has 0 spiro atoms. The van der Waals surface area contributed by atoms with Crippen molar-refractivity contribution in [1.82, 2.24) is 0 Å². The molecule has 1 aromatic rings. The number of hydrogen-bond acceptors (Lipinski definition) is 1. The highest BCUT2D eigenvalue weighted by atomic mass is 16.3. The van der Waals surface area contributed by atoms with Gasteiger partial charge >= 0.3 is 0 Å². The molecule has 106 valence electrons. The topological polar surface area (TPSA) is 20.2 Å². The van der Waals surface area contributed by atoms with Crippen LogP contribution in [-0.2, 0) is 6.42 Å². The molecular formula is C18H28O. The van der Waals surface area contributed by atoms with Crippen molar-refractivity contribution in [3.8, 4) is 5.75 Å². The van der Waals surface area contributed by atoms with E-state index in [1.54, 1.807) is 12.1 Å². The van der Waals surface area contributed by atoms with E-state index in [9.17, 15) is 5.11 Å². The normalized spacial score (nSPS) is 11.2. The van der Waals surface area contributed by atoms with Gasteiger partial charge in [0.15, 0.2) is 0 Å². The van der Waals surface area contributed by atoms with Crippen LogP contribution in [0.3, 0.4) is 0 Å². The minimum atomic E-state index is 0.349. The van der Waals surface area contributed by atoms with Crippen molar-refractivity contribution in [3.05, 3.63) is 42.0 Å². The summed E-state index contributed by atoms with van der Waals surface area (Å²) in [5, 5.41) is 9.19. The predicted molar refractivity (Wildman–Crippen MR) is 83.6 cm³/mol. The Morgan fingerprint density at radius 3 is 2.21 bits per heavy atom. The van der Waals surface area contributed by atoms with Gasteiger partial charge in [-0.1, -0.05) is 63.3 Å². The van der Waals surface area contributed by atoms with Crippen molar-refractivity contribution in [2.45, 2.75) is 64.7 Å². The lowest BCUT2D eigenvalue weighted by Gasteiger charge is -1.99. The summed E-state index contributed by atoms with van der Waals surface area (Å²) >= 11 is 0. The summed E-state index contributed by atoms with van der Waals surface area (Å²) in [6.45, 7) is 2.26. The number of aryl methyl sites for hydroxylation is 1. The monoisotopic (exact) mass is 260 g/mol. The van der Waals surface area contributed by atoms with Crippen LogP contribution in [0.4, 0.5) is 0 Å². The van der Waals surface area contributed by atoms with E-state index in [0.29, 0.717) is 5.75 Å². The van der Waals surface area contributed by atoms with Gasteiger partial charge in [0.1, 0.15) is 5.75 Å². The molecule has 0 saturated carbocycles. The van der Waals surface area contributed by atoms with Gasteiger partial charge in [-0.15, -0.1) is 0 Å². The van der Waals surface area contributed by atoms with Gasteiger partial charge in [-0.05, 0) is 43.4 Å². The Morgan fingerprint density at radius 1 is 0.842 bits per heavy atom. The average molecular weight is 260 g/mol. The molecule has 19 heavy (non-hydrogen) atoms. The van der Waals surface area contributed by atoms with Crippen molar-refractivity contribution >= 4 is 0 Å². The Balaban J connectivity index is 1.97. The number of rotatable bonds is 10. The van der Waals surface area contributed by atoms with E-state index in [1.165, 1.54) is 50.5 Å². The van der Waals surface area contributed by atoms with E-state index in [0.717, 1.165) is 12.8 Å². The number of phenols is 1. The number of aromatic hydroxyl groups is 1. The minimum absolute atomic E-state index is 0.349. The number of hydrogen-bond donors (Lipinski definition) is 1. The lowest BCUT2D eigenvalue weighted by Crippen LogP contribution is -1.82. The molecule has 0 fully saturated rings. The number of allylic oxidation sites excluding steroid dienone is 2. The predicted octanol–water partition coefficient (Wildman–Crippen LogP) is 5.63. The highest BCUT2D eigenvalue weighted by Crippen LogP contribution is 2.11. The zero-order valence-corrected chi connectivity index (χ0v) is 12.3. The van der Waals surface area contributed by atoms with Crippen molar-refractivity contribution < 1.29 is 5.11 Å². The molecule has 1 N–H and O–H groups in total. The minimum Gasteiger partial charge on any atom is -0.508 e. The second kappa shape index (κ2) is 10.7. The summed E-state index contributed by atoms with van der Waals surface area (Å²) in [6, 6.07) is 7.51. The molecule has 1 heteroatoms. The number of phenolic OH excluding ortho intramolecular Hbond substituents is 1. The van der Waals surface area contributed by atoms with E-state index in [2.05, 4.69) is 19.1 Å². The molecular weight excluding hydrogens is 232 g/mol. The summed E-state index contributed by atoms with van der Waals surface area (Å²) in [4.78, 5) is 0. The molecule has 0 aliphatic rings. The fourth-order valence-electron chi connectivity index (χ4n) is 2.19. The third-order valence-electron chi connectivity index (χ3n) is 3.43. The van der Waals surface area contributed by atoms with E-state index in [1.807, 2.05) is 12.1 Å². The molecule has 0 unspecified atom stereocenters. The van der Waals surface area contributed by atoms with E-state index in [4.69, 9.17) is 0 Å². The molecule has 0 atom stereocenters. The highest BCUT2D eigenvalue weighted by Gasteiger charge is 1.92. The van der Waals surface area contributed by atoms with E-state index in [-0.39, 0.29) is 0 Å². The fourth-order valence-corrected chi connectivity index (χ4v) is 2.19. The summed E-state index contributed by atoms with van der Waals surface area (Å²) in [7, 11) is 0. The quantitative estimate of drug-likeness (QED) is 0.427. The van der Waals surface area contributed by atoms with Crippen molar-refractivity contribution in [3.63, 3.8) is 0 Å². The lowest BCUT2D eigenvalue weighted by atomic mass is 10.1. The Bertz CT molecular complexity index is 337. The molecule has 0 saturated heterocycles. The van der Waals surface area contributed by atoms with Gasteiger partial charge in [0, 0.05) is 0 Å². The lowest BCUT2D eigenvalue weighted by molar-refractivity contribution is 0.475. The Labute approximate surface area is 118 Å². The van der Waals surface area contributed by atoms with Gasteiger partial charge in [0.25, 0.3) is 0 Å². The zero-order valence-electron chi connectivity index (χ0n) is 12.3. The molecule has 0 aliphatic carbocycles. The van der Waals surface area contributed by atoms with Crippen LogP contribution >= 0.6 is 0 Å². The van der Waals surface area contributed by atoms with Crippen molar-refractivity contribution in [2.75, 3.05) is 0 Å². The summed E-state index contributed by atoms with van der Waals surface area (Å²) in [5.74, 6) is 0.349. The molecule has 1 rings (SSSR count). The summed E-state index contributed by atoms with van der Waals surface area (Å²) in [6.07, 6.45) is 16.2. The molecule has 0 aromatic heterocycles. The largest absolute Gasteiger partial charge is 0.508 e. The molecule has 1 nitrogen and oxygen atoms in total. The second-order valence-corrected chi connectivity index (χ2v) is 5.23. The molecule has 0 amide bonds. The third kappa shape index (κ3) is 8.47. The van der Waals surface area contributed by atoms with Crippen LogP contribution < -0.4 is 0 Å². The molecule has 0 bridgehead atoms. The molecule has 0 aliphatic heterocycles. The van der Waals surface area contributed by atoms with Gasteiger partial charge < -0.3 is 5.11 Å². The van der Waals surface area contributed by atoms with Crippen LogP contribution in [-0.4, -0.2) is 5.11 Å². The summed E-state index contributed by atoms with van der Waals surface area (Å²) in [5.41, 5.74) is 1.29. The maximum absolute atomic E-state index is 9.19. The van der Waals surface area contributed by atoms with Gasteiger partial charge in [-0.3, -0.25) is 0 Å². The van der Waals surface area contributed by atoms with E-state index < -0.39 is 0 Å². The third-order valence-corrected chi connectivity index (χ3v) is 3.43. The van der Waals surface area contributed by atoms with Gasteiger partial charge in [0.2, 0.25) is 0 Å². The SMILES string of the molecule is CCCCCCCCC=CCCc1ccc(O)cc1. The first kappa shape index (κ1) is 15.8. The van der Waals surface area contributed by atoms with Crippen LogP contribution in [0.25, 0.3) is 0 Å². The Hall–Kier alpha value is -1.24. The smallest absolute Gasteiger partial charge is 0.115 e. The van der Waals surface area contributed by atoms with Gasteiger partial charge in [-0.2, -0.15) is 0 Å². The van der Waals surface area contributed by atoms with Crippen LogP contribution in [0, 0.1) is 0 Å². The Morgan fingerprint density at radius 2 is 1.47 bits per heavy atom. The van der Waals surface area contributed by atoms with E-state index >= 15 is 0 Å². The second-order valence-electron chi connectivity index (χ2n) is 5.23. The molecule has 0 heterocycles. The number of benzene rings is 1. The van der Waals surface area contributed by atoms with Crippen LogP contribution in [0.15, 0.2) is 36.4 Å². The molecule has 1 aromatic carbocycles. The summed E-state index contributed by atoms with van der Waals surface area (Å²) < 4.78 is 0. The standard InChI is InChI=1S/C18H28O/c1-2-3-4-5-6-7-8-9-10-11-12-17-13-15-18(19)16-14-17/h9-10,13-16,19H,2-8,11-12H2,1H3. The van der Waals surface area contributed by atoms with Crippen LogP contribution in [0.2, 0.25) is 0 Å². The first-order valence-corrected chi connectivity index (χ1v) is 7.76. The van der Waals surface area contributed by atoms with Crippen LogP contribution in [0.5, 0.6) is 5.75 Å². The maximum Gasteiger partial charge on any atom is 0.115 e. The fraction of sp³-hybridized carbons (Fsp3) is 0.556. The zero-order chi connectivity index (χ0) is 13.8. The van der Waals surface area contributed by atoms with Gasteiger partial charge in [0.05, 0.1) is 0 Å². The maximum atomic E-state index is 9.19. The first-order valence-electron chi connectivity index (χ1n) is 7.76. The number of unbranched alkanes of at least 4 members (excludes halogenated alkanes) is 6.